The Morgan fingerprint density at radius 3 is 2.64 bits per heavy atom. The smallest absolute Gasteiger partial charge is 0.178 e. The maximum Gasteiger partial charge on any atom is 0.178 e. The van der Waals surface area contributed by atoms with Crippen LogP contribution < -0.4 is 0 Å². The van der Waals surface area contributed by atoms with Gasteiger partial charge in [0.2, 0.25) is 0 Å². The van der Waals surface area contributed by atoms with E-state index >= 15 is 0 Å². The minimum absolute atomic E-state index is 0.192. The van der Waals surface area contributed by atoms with E-state index in [1.165, 1.54) is 0 Å². The largest absolute Gasteiger partial charge is 0.346 e. The van der Waals surface area contributed by atoms with Crippen molar-refractivity contribution in [2.45, 2.75) is 36.5 Å². The maximum absolute atomic E-state index is 12.7. The van der Waals surface area contributed by atoms with Crippen molar-refractivity contribution >= 4 is 26.4 Å². The van der Waals surface area contributed by atoms with Crippen LogP contribution in [0.1, 0.15) is 37.3 Å². The number of aromatic nitrogens is 5. The van der Waals surface area contributed by atoms with Gasteiger partial charge in [-0.2, -0.15) is 0 Å². The molecule has 0 amide bonds. The van der Waals surface area contributed by atoms with Crippen LogP contribution in [0.15, 0.2) is 53.8 Å². The van der Waals surface area contributed by atoms with Gasteiger partial charge >= 0.3 is 0 Å². The van der Waals surface area contributed by atoms with Crippen molar-refractivity contribution in [3.8, 4) is 0 Å². The summed E-state index contributed by atoms with van der Waals surface area (Å²) < 4.78 is 27.1. The van der Waals surface area contributed by atoms with Gasteiger partial charge in [0, 0.05) is 17.5 Å². The standard InChI is InChI=1S/C20H21N5O2S/c26-28(27,16-4-2-1-3-5-16)12-14-6-8-15(9-7-14)18-19-17-10-11-21-20(17)22-13-25(19)24-23-18/h1-5,10-11,13-15,21H,6-9,12H2. The number of nitrogens with zero attached hydrogens (tertiary/aromatic N) is 4. The Kier molecular flexibility index (Phi) is 4.16. The highest BCUT2D eigenvalue weighted by Gasteiger charge is 2.29. The highest BCUT2D eigenvalue weighted by atomic mass is 32.2. The van der Waals surface area contributed by atoms with Gasteiger partial charge in [0.25, 0.3) is 0 Å². The van der Waals surface area contributed by atoms with Crippen LogP contribution in [-0.2, 0) is 9.84 Å². The molecule has 144 valence electrons. The summed E-state index contributed by atoms with van der Waals surface area (Å²) in [6.07, 6.45) is 7.19. The molecule has 8 heteroatoms. The van der Waals surface area contributed by atoms with E-state index in [1.807, 2.05) is 18.3 Å². The summed E-state index contributed by atoms with van der Waals surface area (Å²) in [6.45, 7) is 0. The second-order valence-corrected chi connectivity index (χ2v) is 9.60. The zero-order valence-corrected chi connectivity index (χ0v) is 16.1. The van der Waals surface area contributed by atoms with Crippen LogP contribution in [-0.4, -0.2) is 39.0 Å². The van der Waals surface area contributed by atoms with Crippen LogP contribution >= 0.6 is 0 Å². The lowest BCUT2D eigenvalue weighted by atomic mass is 9.81. The molecule has 3 heterocycles. The summed E-state index contributed by atoms with van der Waals surface area (Å²) >= 11 is 0. The first-order chi connectivity index (χ1) is 13.6. The molecule has 0 spiro atoms. The number of benzene rings is 1. The lowest BCUT2D eigenvalue weighted by Crippen LogP contribution is -2.22. The first-order valence-corrected chi connectivity index (χ1v) is 11.2. The molecule has 1 aromatic carbocycles. The molecule has 28 heavy (non-hydrogen) atoms. The monoisotopic (exact) mass is 395 g/mol. The van der Waals surface area contributed by atoms with E-state index in [1.54, 1.807) is 35.1 Å². The summed E-state index contributed by atoms with van der Waals surface area (Å²) in [6, 6.07) is 10.8. The van der Waals surface area contributed by atoms with Crippen LogP contribution in [0.5, 0.6) is 0 Å². The van der Waals surface area contributed by atoms with Crippen molar-refractivity contribution in [2.75, 3.05) is 5.75 Å². The molecule has 0 atom stereocenters. The Morgan fingerprint density at radius 1 is 1.07 bits per heavy atom. The molecule has 1 fully saturated rings. The van der Waals surface area contributed by atoms with Crippen molar-refractivity contribution in [3.63, 3.8) is 0 Å². The summed E-state index contributed by atoms with van der Waals surface area (Å²) in [5.74, 6) is 0.712. The molecule has 0 unspecified atom stereocenters. The number of nitrogens with one attached hydrogen (secondary N) is 1. The highest BCUT2D eigenvalue weighted by molar-refractivity contribution is 7.91. The van der Waals surface area contributed by atoms with Crippen molar-refractivity contribution in [2.24, 2.45) is 5.92 Å². The molecule has 5 rings (SSSR count). The van der Waals surface area contributed by atoms with E-state index in [4.69, 9.17) is 0 Å². The van der Waals surface area contributed by atoms with E-state index in [0.29, 0.717) is 10.8 Å². The van der Waals surface area contributed by atoms with Gasteiger partial charge in [-0.1, -0.05) is 23.4 Å². The normalized spacial score (nSPS) is 20.7. The molecule has 1 aliphatic carbocycles. The number of fused-ring (bicyclic) bond motifs is 3. The number of sulfone groups is 1. The molecule has 0 radical (unpaired) electrons. The lowest BCUT2D eigenvalue weighted by molar-refractivity contribution is 0.345. The first-order valence-electron chi connectivity index (χ1n) is 9.56. The third-order valence-corrected chi connectivity index (χ3v) is 7.69. The average molecular weight is 395 g/mol. The van der Waals surface area contributed by atoms with E-state index in [9.17, 15) is 8.42 Å². The average Bonchev–Trinajstić information content (AvgIpc) is 3.35. The van der Waals surface area contributed by atoms with E-state index in [-0.39, 0.29) is 11.7 Å². The number of aromatic amines is 1. The summed E-state index contributed by atoms with van der Waals surface area (Å²) in [5.41, 5.74) is 2.83. The third-order valence-electron chi connectivity index (χ3n) is 5.79. The van der Waals surface area contributed by atoms with Crippen molar-refractivity contribution < 1.29 is 8.42 Å². The van der Waals surface area contributed by atoms with Crippen LogP contribution in [0.4, 0.5) is 0 Å². The minimum atomic E-state index is -3.23. The zero-order chi connectivity index (χ0) is 19.1. The van der Waals surface area contributed by atoms with Gasteiger partial charge in [0.15, 0.2) is 9.84 Å². The summed E-state index contributed by atoms with van der Waals surface area (Å²) in [7, 11) is -3.23. The molecule has 0 bridgehead atoms. The van der Waals surface area contributed by atoms with Crippen LogP contribution in [0, 0.1) is 5.92 Å². The molecule has 1 N–H and O–H groups in total. The number of rotatable bonds is 4. The Morgan fingerprint density at radius 2 is 1.86 bits per heavy atom. The van der Waals surface area contributed by atoms with Crippen LogP contribution in [0.2, 0.25) is 0 Å². The predicted octanol–water partition coefficient (Wildman–Crippen LogP) is 3.35. The molecule has 0 saturated heterocycles. The Balaban J connectivity index is 1.34. The van der Waals surface area contributed by atoms with E-state index < -0.39 is 9.84 Å². The van der Waals surface area contributed by atoms with Gasteiger partial charge < -0.3 is 4.98 Å². The highest BCUT2D eigenvalue weighted by Crippen LogP contribution is 2.38. The number of hydrogen-bond acceptors (Lipinski definition) is 5. The van der Waals surface area contributed by atoms with E-state index in [2.05, 4.69) is 20.3 Å². The maximum atomic E-state index is 12.7. The lowest BCUT2D eigenvalue weighted by Gasteiger charge is -2.27. The summed E-state index contributed by atoms with van der Waals surface area (Å²) in [5, 5.41) is 9.70. The van der Waals surface area contributed by atoms with Crippen LogP contribution in [0.25, 0.3) is 16.6 Å². The predicted molar refractivity (Wildman–Crippen MR) is 106 cm³/mol. The fraction of sp³-hybridized carbons (Fsp3) is 0.350. The molecule has 4 aromatic rings. The second kappa shape index (κ2) is 6.70. The molecular weight excluding hydrogens is 374 g/mol. The van der Waals surface area contributed by atoms with Gasteiger partial charge in [-0.15, -0.1) is 5.10 Å². The van der Waals surface area contributed by atoms with Crippen LogP contribution in [0.3, 0.4) is 0 Å². The molecule has 1 saturated carbocycles. The number of H-pyrrole nitrogens is 1. The fourth-order valence-electron chi connectivity index (χ4n) is 4.33. The molecule has 0 aliphatic heterocycles. The van der Waals surface area contributed by atoms with Crippen molar-refractivity contribution in [1.82, 2.24) is 24.8 Å². The topological polar surface area (TPSA) is 93.0 Å². The fourth-order valence-corrected chi connectivity index (χ4v) is 6.05. The van der Waals surface area contributed by atoms with Gasteiger partial charge in [0.1, 0.15) is 17.5 Å². The van der Waals surface area contributed by atoms with Gasteiger partial charge in [-0.3, -0.25) is 0 Å². The zero-order valence-electron chi connectivity index (χ0n) is 15.3. The Labute approximate surface area is 162 Å². The number of hydrogen-bond donors (Lipinski definition) is 1. The van der Waals surface area contributed by atoms with Gasteiger partial charge in [0.05, 0.1) is 16.3 Å². The van der Waals surface area contributed by atoms with Gasteiger partial charge in [-0.25, -0.2) is 17.9 Å². The van der Waals surface area contributed by atoms with Crippen molar-refractivity contribution in [3.05, 3.63) is 54.6 Å². The van der Waals surface area contributed by atoms with Gasteiger partial charge in [-0.05, 0) is 49.8 Å². The summed E-state index contributed by atoms with van der Waals surface area (Å²) in [4.78, 5) is 7.90. The molecular formula is C20H21N5O2S. The Bertz CT molecular complexity index is 1220. The SMILES string of the molecule is O=S(=O)(CC1CCC(c2nnn3cnc4[nH]ccc4c23)CC1)c1ccccc1. The third kappa shape index (κ3) is 2.97. The molecule has 1 aliphatic rings. The minimum Gasteiger partial charge on any atom is -0.346 e. The van der Waals surface area contributed by atoms with Crippen molar-refractivity contribution in [1.29, 1.82) is 0 Å². The molecule has 7 nitrogen and oxygen atoms in total. The quantitative estimate of drug-likeness (QED) is 0.572. The first kappa shape index (κ1) is 17.4. The second-order valence-electron chi connectivity index (χ2n) is 7.56. The molecule has 3 aromatic heterocycles. The Hall–Kier alpha value is -2.74. The van der Waals surface area contributed by atoms with E-state index in [0.717, 1.165) is 47.9 Å².